The summed E-state index contributed by atoms with van der Waals surface area (Å²) in [6.07, 6.45) is 1.78. The van der Waals surface area contributed by atoms with E-state index >= 15 is 0 Å². The lowest BCUT2D eigenvalue weighted by Crippen LogP contribution is -2.12. The molecular weight excluding hydrogens is 250 g/mol. The summed E-state index contributed by atoms with van der Waals surface area (Å²) in [5.41, 5.74) is 6.39. The van der Waals surface area contributed by atoms with Crippen molar-refractivity contribution in [2.75, 3.05) is 5.43 Å². The fourth-order valence-corrected chi connectivity index (χ4v) is 2.11. The zero-order valence-corrected chi connectivity index (χ0v) is 11.4. The number of benzene rings is 1. The first kappa shape index (κ1) is 12.5. The third-order valence-corrected chi connectivity index (χ3v) is 3.39. The third-order valence-electron chi connectivity index (χ3n) is 3.39. The van der Waals surface area contributed by atoms with Gasteiger partial charge in [0.1, 0.15) is 5.82 Å². The lowest BCUT2D eigenvalue weighted by Gasteiger charge is -2.10. The Morgan fingerprint density at radius 3 is 2.75 bits per heavy atom. The van der Waals surface area contributed by atoms with Gasteiger partial charge < -0.3 is 5.43 Å². The molecule has 0 aliphatic rings. The molecule has 0 unspecified atom stereocenters. The van der Waals surface area contributed by atoms with Crippen LogP contribution in [0.15, 0.2) is 36.5 Å². The van der Waals surface area contributed by atoms with Gasteiger partial charge in [0.25, 0.3) is 0 Å². The van der Waals surface area contributed by atoms with Crippen LogP contribution >= 0.6 is 0 Å². The zero-order chi connectivity index (χ0) is 14.1. The molecule has 0 aliphatic carbocycles. The van der Waals surface area contributed by atoms with E-state index in [0.29, 0.717) is 11.6 Å². The molecule has 2 heterocycles. The number of hydrazine groups is 1. The van der Waals surface area contributed by atoms with Crippen LogP contribution < -0.4 is 11.3 Å². The van der Waals surface area contributed by atoms with E-state index in [0.717, 1.165) is 27.7 Å². The molecule has 100 valence electrons. The largest absolute Gasteiger partial charge is 0.308 e. The minimum Gasteiger partial charge on any atom is -0.308 e. The van der Waals surface area contributed by atoms with Gasteiger partial charge in [-0.2, -0.15) is 0 Å². The van der Waals surface area contributed by atoms with E-state index in [-0.39, 0.29) is 0 Å². The molecule has 0 amide bonds. The average Bonchev–Trinajstić information content (AvgIpc) is 2.49. The second-order valence-electron chi connectivity index (χ2n) is 4.66. The Morgan fingerprint density at radius 1 is 1.10 bits per heavy atom. The molecule has 3 N–H and O–H groups in total. The van der Waals surface area contributed by atoms with Gasteiger partial charge >= 0.3 is 0 Å². The van der Waals surface area contributed by atoms with E-state index in [1.807, 2.05) is 44.2 Å². The van der Waals surface area contributed by atoms with E-state index in [1.54, 1.807) is 6.20 Å². The number of hydrogen-bond acceptors (Lipinski definition) is 5. The minimum atomic E-state index is 0.652. The van der Waals surface area contributed by atoms with Gasteiger partial charge in [-0.25, -0.2) is 15.8 Å². The van der Waals surface area contributed by atoms with E-state index in [1.165, 1.54) is 0 Å². The summed E-state index contributed by atoms with van der Waals surface area (Å²) < 4.78 is 0. The molecule has 0 saturated heterocycles. The predicted octanol–water partition coefficient (Wildman–Crippen LogP) is 2.59. The lowest BCUT2D eigenvalue weighted by atomic mass is 10.1. The van der Waals surface area contributed by atoms with Gasteiger partial charge in [-0.05, 0) is 38.1 Å². The third kappa shape index (κ3) is 2.08. The van der Waals surface area contributed by atoms with E-state index < -0.39 is 0 Å². The molecule has 0 saturated carbocycles. The zero-order valence-electron chi connectivity index (χ0n) is 11.4. The first-order valence-corrected chi connectivity index (χ1v) is 6.36. The number of anilines is 1. The fraction of sp³-hybridized carbons (Fsp3) is 0.133. The molecule has 5 heteroatoms. The molecule has 0 radical (unpaired) electrons. The molecule has 2 aromatic heterocycles. The molecular formula is C15H15N5. The van der Waals surface area contributed by atoms with Gasteiger partial charge in [0.15, 0.2) is 5.82 Å². The Morgan fingerprint density at radius 2 is 1.95 bits per heavy atom. The number of aromatic nitrogens is 3. The Bertz CT molecular complexity index is 782. The van der Waals surface area contributed by atoms with E-state index in [4.69, 9.17) is 5.84 Å². The number of rotatable bonds is 2. The van der Waals surface area contributed by atoms with Crippen molar-refractivity contribution in [1.82, 2.24) is 15.0 Å². The number of hydrogen-bond donors (Lipinski definition) is 2. The normalized spacial score (nSPS) is 10.8. The number of aryl methyl sites for hydroxylation is 1. The minimum absolute atomic E-state index is 0.652. The monoisotopic (exact) mass is 265 g/mol. The van der Waals surface area contributed by atoms with Crippen molar-refractivity contribution in [3.8, 4) is 11.4 Å². The standard InChI is InChI=1S/C15H15N5/c1-9-10(2)18-15(19-14(9)20-16)12-5-6-13-11(8-12)4-3-7-17-13/h3-8H,16H2,1-2H3,(H,18,19,20). The summed E-state index contributed by atoms with van der Waals surface area (Å²) >= 11 is 0. The first-order chi connectivity index (χ1) is 9.69. The SMILES string of the molecule is Cc1nc(-c2ccc3ncccc3c2)nc(NN)c1C. The molecule has 0 aliphatic heterocycles. The van der Waals surface area contributed by atoms with Crippen LogP contribution in [0.1, 0.15) is 11.3 Å². The quantitative estimate of drug-likeness (QED) is 0.550. The Labute approximate surface area is 116 Å². The molecule has 0 bridgehead atoms. The summed E-state index contributed by atoms with van der Waals surface area (Å²) in [6, 6.07) is 9.92. The van der Waals surface area contributed by atoms with Crippen molar-refractivity contribution in [3.05, 3.63) is 47.8 Å². The first-order valence-electron chi connectivity index (χ1n) is 6.36. The topological polar surface area (TPSA) is 76.7 Å². The smallest absolute Gasteiger partial charge is 0.161 e. The Hall–Kier alpha value is -2.53. The van der Waals surface area contributed by atoms with Gasteiger partial charge in [-0.1, -0.05) is 6.07 Å². The highest BCUT2D eigenvalue weighted by Gasteiger charge is 2.09. The molecule has 1 aromatic carbocycles. The molecule has 3 rings (SSSR count). The number of nitrogen functional groups attached to an aromatic ring is 1. The van der Waals surface area contributed by atoms with Crippen LogP contribution in [-0.4, -0.2) is 15.0 Å². The van der Waals surface area contributed by atoms with Crippen molar-refractivity contribution in [1.29, 1.82) is 0 Å². The van der Waals surface area contributed by atoms with Crippen molar-refractivity contribution in [2.24, 2.45) is 5.84 Å². The Kier molecular flexibility index (Phi) is 3.04. The highest BCUT2D eigenvalue weighted by Crippen LogP contribution is 2.23. The van der Waals surface area contributed by atoms with E-state index in [2.05, 4.69) is 20.4 Å². The summed E-state index contributed by atoms with van der Waals surface area (Å²) in [6.45, 7) is 3.89. The van der Waals surface area contributed by atoms with E-state index in [9.17, 15) is 0 Å². The number of nitrogens with one attached hydrogen (secondary N) is 1. The van der Waals surface area contributed by atoms with Gasteiger partial charge in [0.05, 0.1) is 5.52 Å². The van der Waals surface area contributed by atoms with Crippen LogP contribution in [0.5, 0.6) is 0 Å². The maximum atomic E-state index is 5.51. The highest BCUT2D eigenvalue weighted by molar-refractivity contribution is 5.83. The average molecular weight is 265 g/mol. The molecule has 5 nitrogen and oxygen atoms in total. The van der Waals surface area contributed by atoms with Gasteiger partial charge in [-0.15, -0.1) is 0 Å². The van der Waals surface area contributed by atoms with Gasteiger partial charge in [0, 0.05) is 28.4 Å². The van der Waals surface area contributed by atoms with Crippen molar-refractivity contribution in [2.45, 2.75) is 13.8 Å². The second kappa shape index (κ2) is 4.86. The molecule has 0 atom stereocenters. The van der Waals surface area contributed by atoms with Crippen LogP contribution in [0.3, 0.4) is 0 Å². The van der Waals surface area contributed by atoms with Crippen LogP contribution in [0.2, 0.25) is 0 Å². The highest BCUT2D eigenvalue weighted by atomic mass is 15.3. The van der Waals surface area contributed by atoms with Crippen molar-refractivity contribution >= 4 is 16.7 Å². The molecule has 20 heavy (non-hydrogen) atoms. The molecule has 3 aromatic rings. The molecule has 0 spiro atoms. The summed E-state index contributed by atoms with van der Waals surface area (Å²) in [7, 11) is 0. The van der Waals surface area contributed by atoms with Crippen LogP contribution in [0.4, 0.5) is 5.82 Å². The summed E-state index contributed by atoms with van der Waals surface area (Å²) in [5.74, 6) is 6.82. The van der Waals surface area contributed by atoms with Gasteiger partial charge in [-0.3, -0.25) is 4.98 Å². The van der Waals surface area contributed by atoms with Crippen molar-refractivity contribution < 1.29 is 0 Å². The van der Waals surface area contributed by atoms with Gasteiger partial charge in [0.2, 0.25) is 0 Å². The summed E-state index contributed by atoms with van der Waals surface area (Å²) in [4.78, 5) is 13.3. The van der Waals surface area contributed by atoms with Crippen LogP contribution in [-0.2, 0) is 0 Å². The predicted molar refractivity (Wildman–Crippen MR) is 80.1 cm³/mol. The number of nitrogens with two attached hydrogens (primary N) is 1. The lowest BCUT2D eigenvalue weighted by molar-refractivity contribution is 1.06. The van der Waals surface area contributed by atoms with Crippen LogP contribution in [0, 0.1) is 13.8 Å². The number of fused-ring (bicyclic) bond motifs is 1. The summed E-state index contributed by atoms with van der Waals surface area (Å²) in [5, 5.41) is 1.06. The Balaban J connectivity index is 2.17. The second-order valence-corrected chi connectivity index (χ2v) is 4.66. The number of pyridine rings is 1. The van der Waals surface area contributed by atoms with Crippen molar-refractivity contribution in [3.63, 3.8) is 0 Å². The maximum absolute atomic E-state index is 5.51. The van der Waals surface area contributed by atoms with Crippen LogP contribution in [0.25, 0.3) is 22.3 Å². The number of nitrogens with zero attached hydrogens (tertiary/aromatic N) is 3. The molecule has 0 fully saturated rings. The maximum Gasteiger partial charge on any atom is 0.161 e. The fourth-order valence-electron chi connectivity index (χ4n) is 2.11.